The Morgan fingerprint density at radius 3 is 2.48 bits per heavy atom. The van der Waals surface area contributed by atoms with Gasteiger partial charge in [-0.15, -0.1) is 0 Å². The van der Waals surface area contributed by atoms with E-state index in [-0.39, 0.29) is 11.9 Å². The number of nitrogens with one attached hydrogen (secondary N) is 1. The highest BCUT2D eigenvalue weighted by atomic mass is 79.9. The van der Waals surface area contributed by atoms with Crippen LogP contribution in [-0.4, -0.2) is 14.2 Å². The molecule has 2 nitrogen and oxygen atoms in total. The number of benzene rings is 2. The second-order valence-electron chi connectivity index (χ2n) is 5.09. The van der Waals surface area contributed by atoms with E-state index in [0.717, 1.165) is 26.9 Å². The summed E-state index contributed by atoms with van der Waals surface area (Å²) < 4.78 is 20.7. The Labute approximate surface area is 133 Å². The molecule has 0 fully saturated rings. The van der Waals surface area contributed by atoms with Crippen LogP contribution in [0.5, 0.6) is 5.75 Å². The van der Waals surface area contributed by atoms with Crippen LogP contribution in [0.3, 0.4) is 0 Å². The molecule has 0 aliphatic rings. The average molecular weight is 352 g/mol. The van der Waals surface area contributed by atoms with Gasteiger partial charge in [0.15, 0.2) is 0 Å². The molecule has 1 N–H and O–H groups in total. The lowest BCUT2D eigenvalue weighted by Gasteiger charge is -2.22. The molecule has 2 aromatic carbocycles. The van der Waals surface area contributed by atoms with Crippen molar-refractivity contribution >= 4 is 15.9 Å². The predicted molar refractivity (Wildman–Crippen MR) is 87.5 cm³/mol. The van der Waals surface area contributed by atoms with Crippen LogP contribution < -0.4 is 10.1 Å². The molecule has 1 atom stereocenters. The smallest absolute Gasteiger partial charge is 0.128 e. The third kappa shape index (κ3) is 3.27. The average Bonchev–Trinajstić information content (AvgIpc) is 2.46. The van der Waals surface area contributed by atoms with Crippen molar-refractivity contribution in [2.24, 2.45) is 0 Å². The van der Waals surface area contributed by atoms with Crippen molar-refractivity contribution in [3.8, 4) is 5.75 Å². The van der Waals surface area contributed by atoms with E-state index >= 15 is 0 Å². The fourth-order valence-electron chi connectivity index (χ4n) is 2.44. The molecule has 2 aromatic rings. The molecule has 1 unspecified atom stereocenters. The summed E-state index contributed by atoms with van der Waals surface area (Å²) in [5.41, 5.74) is 3.63. The molecule has 2 rings (SSSR count). The standard InChI is InChI=1S/C17H19BrFNO/c1-10-5-6-15(19)12(7-10)17(20-3)13-9-14(18)11(2)8-16(13)21-4/h5-9,17,20H,1-4H3. The van der Waals surface area contributed by atoms with Gasteiger partial charge in [-0.1, -0.05) is 33.6 Å². The lowest BCUT2D eigenvalue weighted by molar-refractivity contribution is 0.404. The Balaban J connectivity index is 2.61. The number of rotatable bonds is 4. The van der Waals surface area contributed by atoms with Crippen LogP contribution in [0.2, 0.25) is 0 Å². The van der Waals surface area contributed by atoms with Gasteiger partial charge < -0.3 is 10.1 Å². The SMILES string of the molecule is CNC(c1cc(C)ccc1F)c1cc(Br)c(C)cc1OC. The summed E-state index contributed by atoms with van der Waals surface area (Å²) in [4.78, 5) is 0. The minimum Gasteiger partial charge on any atom is -0.496 e. The molecule has 0 saturated heterocycles. The van der Waals surface area contributed by atoms with Gasteiger partial charge in [0.1, 0.15) is 11.6 Å². The van der Waals surface area contributed by atoms with Crippen molar-refractivity contribution in [1.29, 1.82) is 0 Å². The molecule has 0 spiro atoms. The Morgan fingerprint density at radius 2 is 1.86 bits per heavy atom. The zero-order valence-electron chi connectivity index (χ0n) is 12.6. The number of hydrogen-bond acceptors (Lipinski definition) is 2. The quantitative estimate of drug-likeness (QED) is 0.873. The van der Waals surface area contributed by atoms with E-state index in [1.165, 1.54) is 6.07 Å². The van der Waals surface area contributed by atoms with Crippen molar-refractivity contribution in [2.75, 3.05) is 14.2 Å². The Hall–Kier alpha value is -1.39. The Morgan fingerprint density at radius 1 is 1.14 bits per heavy atom. The summed E-state index contributed by atoms with van der Waals surface area (Å²) in [5, 5.41) is 3.18. The molecular formula is C17H19BrFNO. The molecule has 0 amide bonds. The number of halogens is 2. The predicted octanol–water partition coefficient (Wildman–Crippen LogP) is 4.52. The van der Waals surface area contributed by atoms with Gasteiger partial charge in [-0.2, -0.15) is 0 Å². The maximum Gasteiger partial charge on any atom is 0.128 e. The van der Waals surface area contributed by atoms with Crippen molar-refractivity contribution < 1.29 is 9.13 Å². The monoisotopic (exact) mass is 351 g/mol. The Kier molecular flexibility index (Phi) is 5.01. The van der Waals surface area contributed by atoms with Crippen molar-refractivity contribution in [2.45, 2.75) is 19.9 Å². The normalized spacial score (nSPS) is 12.3. The summed E-state index contributed by atoms with van der Waals surface area (Å²) in [6, 6.07) is 8.81. The van der Waals surface area contributed by atoms with Crippen LogP contribution in [0.15, 0.2) is 34.8 Å². The molecule has 0 heterocycles. The van der Waals surface area contributed by atoms with Crippen LogP contribution in [0, 0.1) is 19.7 Å². The lowest BCUT2D eigenvalue weighted by atomic mass is 9.95. The first-order chi connectivity index (χ1) is 9.97. The van der Waals surface area contributed by atoms with E-state index in [9.17, 15) is 4.39 Å². The number of ether oxygens (including phenoxy) is 1. The van der Waals surface area contributed by atoms with Crippen molar-refractivity contribution in [3.05, 3.63) is 62.9 Å². The van der Waals surface area contributed by atoms with Crippen LogP contribution >= 0.6 is 15.9 Å². The maximum atomic E-state index is 14.2. The van der Waals surface area contributed by atoms with Gasteiger partial charge in [0.05, 0.1) is 13.2 Å². The molecule has 0 bridgehead atoms. The van der Waals surface area contributed by atoms with Gasteiger partial charge in [0.2, 0.25) is 0 Å². The highest BCUT2D eigenvalue weighted by Gasteiger charge is 2.21. The van der Waals surface area contributed by atoms with Crippen molar-refractivity contribution in [3.63, 3.8) is 0 Å². The van der Waals surface area contributed by atoms with Crippen LogP contribution in [0.4, 0.5) is 4.39 Å². The fraction of sp³-hybridized carbons (Fsp3) is 0.294. The topological polar surface area (TPSA) is 21.3 Å². The second kappa shape index (κ2) is 6.58. The van der Waals surface area contributed by atoms with E-state index in [2.05, 4.69) is 21.2 Å². The Bertz CT molecular complexity index is 657. The summed E-state index contributed by atoms with van der Waals surface area (Å²) in [6.07, 6.45) is 0. The molecule has 0 aliphatic carbocycles. The number of hydrogen-bond donors (Lipinski definition) is 1. The van der Waals surface area contributed by atoms with E-state index in [1.807, 2.05) is 39.1 Å². The number of methoxy groups -OCH3 is 1. The first kappa shape index (κ1) is 16.0. The fourth-order valence-corrected chi connectivity index (χ4v) is 2.80. The second-order valence-corrected chi connectivity index (χ2v) is 5.94. The molecule has 112 valence electrons. The third-order valence-electron chi connectivity index (χ3n) is 3.57. The lowest BCUT2D eigenvalue weighted by Crippen LogP contribution is -2.20. The first-order valence-electron chi connectivity index (χ1n) is 6.75. The van der Waals surface area contributed by atoms with Crippen LogP contribution in [0.25, 0.3) is 0 Å². The zero-order chi connectivity index (χ0) is 15.6. The van der Waals surface area contributed by atoms with E-state index in [0.29, 0.717) is 5.56 Å². The highest BCUT2D eigenvalue weighted by Crippen LogP contribution is 2.35. The van der Waals surface area contributed by atoms with Crippen molar-refractivity contribution in [1.82, 2.24) is 5.32 Å². The molecule has 0 saturated carbocycles. The van der Waals surface area contributed by atoms with Gasteiger partial charge in [-0.05, 0) is 44.7 Å². The first-order valence-corrected chi connectivity index (χ1v) is 7.54. The van der Waals surface area contributed by atoms with Gasteiger partial charge in [0, 0.05) is 15.6 Å². The van der Waals surface area contributed by atoms with E-state index in [4.69, 9.17) is 4.74 Å². The van der Waals surface area contributed by atoms with Gasteiger partial charge >= 0.3 is 0 Å². The molecule has 4 heteroatoms. The minimum absolute atomic E-state index is 0.223. The highest BCUT2D eigenvalue weighted by molar-refractivity contribution is 9.10. The number of aryl methyl sites for hydroxylation is 2. The molecular weight excluding hydrogens is 333 g/mol. The zero-order valence-corrected chi connectivity index (χ0v) is 14.2. The summed E-state index contributed by atoms with van der Waals surface area (Å²) >= 11 is 3.54. The molecule has 0 radical (unpaired) electrons. The molecule has 21 heavy (non-hydrogen) atoms. The minimum atomic E-state index is -0.267. The molecule has 0 aromatic heterocycles. The van der Waals surface area contributed by atoms with Gasteiger partial charge in [-0.3, -0.25) is 0 Å². The maximum absolute atomic E-state index is 14.2. The summed E-state index contributed by atoms with van der Waals surface area (Å²) in [7, 11) is 3.45. The van der Waals surface area contributed by atoms with E-state index in [1.54, 1.807) is 13.2 Å². The van der Waals surface area contributed by atoms with Crippen LogP contribution in [-0.2, 0) is 0 Å². The summed E-state index contributed by atoms with van der Waals surface area (Å²) in [6.45, 7) is 3.95. The van der Waals surface area contributed by atoms with Gasteiger partial charge in [0.25, 0.3) is 0 Å². The third-order valence-corrected chi connectivity index (χ3v) is 4.43. The largest absolute Gasteiger partial charge is 0.496 e. The van der Waals surface area contributed by atoms with Crippen LogP contribution in [0.1, 0.15) is 28.3 Å². The van der Waals surface area contributed by atoms with Gasteiger partial charge in [-0.25, -0.2) is 4.39 Å². The van der Waals surface area contributed by atoms with E-state index < -0.39 is 0 Å². The summed E-state index contributed by atoms with van der Waals surface area (Å²) in [5.74, 6) is 0.523. The molecule has 0 aliphatic heterocycles.